The van der Waals surface area contributed by atoms with Crippen LogP contribution in [0.3, 0.4) is 0 Å². The van der Waals surface area contributed by atoms with Crippen LogP contribution in [-0.2, 0) is 6.42 Å². The van der Waals surface area contributed by atoms with Crippen LogP contribution in [0.1, 0.15) is 49.5 Å². The first-order valence-corrected chi connectivity index (χ1v) is 9.73. The van der Waals surface area contributed by atoms with E-state index in [1.165, 1.54) is 17.0 Å². The van der Waals surface area contributed by atoms with Gasteiger partial charge in [-0.2, -0.15) is 0 Å². The summed E-state index contributed by atoms with van der Waals surface area (Å²) in [5.74, 6) is -2.04. The molecular weight excluding hydrogens is 373 g/mol. The van der Waals surface area contributed by atoms with Gasteiger partial charge in [-0.1, -0.05) is 18.2 Å². The van der Waals surface area contributed by atoms with E-state index in [1.807, 2.05) is 0 Å². The van der Waals surface area contributed by atoms with E-state index in [9.17, 15) is 18.8 Å². The van der Waals surface area contributed by atoms with E-state index < -0.39 is 11.7 Å². The molecule has 2 N–H and O–H groups in total. The van der Waals surface area contributed by atoms with E-state index in [0.29, 0.717) is 23.1 Å². The molecular formula is C22H22FN3O3. The number of hydrogen-bond donors (Lipinski definition) is 1. The molecule has 0 bridgehead atoms. The van der Waals surface area contributed by atoms with E-state index in [0.717, 1.165) is 25.9 Å². The van der Waals surface area contributed by atoms with Crippen molar-refractivity contribution in [1.29, 1.82) is 0 Å². The van der Waals surface area contributed by atoms with E-state index >= 15 is 0 Å². The summed E-state index contributed by atoms with van der Waals surface area (Å²) in [5.41, 5.74) is 6.58. The third-order valence-electron chi connectivity index (χ3n) is 5.70. The van der Waals surface area contributed by atoms with Crippen molar-refractivity contribution in [1.82, 2.24) is 9.80 Å². The fraction of sp³-hybridized carbons (Fsp3) is 0.318. The van der Waals surface area contributed by atoms with Crippen LogP contribution in [0.2, 0.25) is 0 Å². The van der Waals surface area contributed by atoms with Crippen molar-refractivity contribution in [2.24, 2.45) is 5.73 Å². The van der Waals surface area contributed by atoms with Gasteiger partial charge < -0.3 is 5.73 Å². The van der Waals surface area contributed by atoms with Crippen molar-refractivity contribution >= 4 is 17.7 Å². The van der Waals surface area contributed by atoms with E-state index in [4.69, 9.17) is 5.73 Å². The smallest absolute Gasteiger partial charge is 0.261 e. The highest BCUT2D eigenvalue weighted by atomic mass is 19.1. The SMILES string of the molecule is NC(=O)c1ccc(C[C@@H](CN2C(=O)c3ccccc3C2=O)N2CCCC2)cc1F. The van der Waals surface area contributed by atoms with Crippen molar-refractivity contribution in [2.75, 3.05) is 19.6 Å². The van der Waals surface area contributed by atoms with Crippen molar-refractivity contribution in [3.8, 4) is 0 Å². The minimum absolute atomic E-state index is 0.126. The molecule has 0 aliphatic carbocycles. The lowest BCUT2D eigenvalue weighted by Crippen LogP contribution is -2.46. The molecule has 150 valence electrons. The largest absolute Gasteiger partial charge is 0.366 e. The predicted molar refractivity (Wildman–Crippen MR) is 105 cm³/mol. The van der Waals surface area contributed by atoms with Gasteiger partial charge in [0, 0.05) is 12.6 Å². The highest BCUT2D eigenvalue weighted by molar-refractivity contribution is 6.21. The lowest BCUT2D eigenvalue weighted by Gasteiger charge is -2.30. The van der Waals surface area contributed by atoms with Crippen LogP contribution < -0.4 is 5.73 Å². The highest BCUT2D eigenvalue weighted by Gasteiger charge is 2.37. The number of hydrogen-bond acceptors (Lipinski definition) is 4. The van der Waals surface area contributed by atoms with Gasteiger partial charge in [0.15, 0.2) is 0 Å². The van der Waals surface area contributed by atoms with Crippen LogP contribution in [-0.4, -0.2) is 53.2 Å². The third-order valence-corrected chi connectivity index (χ3v) is 5.70. The zero-order valence-corrected chi connectivity index (χ0v) is 15.9. The van der Waals surface area contributed by atoms with Gasteiger partial charge in [-0.25, -0.2) is 4.39 Å². The predicted octanol–water partition coefficient (Wildman–Crippen LogP) is 2.23. The van der Waals surface area contributed by atoms with Gasteiger partial charge >= 0.3 is 0 Å². The molecule has 2 aliphatic rings. The Hall–Kier alpha value is -3.06. The molecule has 7 heteroatoms. The molecule has 0 aromatic heterocycles. The van der Waals surface area contributed by atoms with Crippen molar-refractivity contribution in [3.05, 3.63) is 70.5 Å². The number of imide groups is 1. The molecule has 1 fully saturated rings. The van der Waals surface area contributed by atoms with Crippen molar-refractivity contribution in [3.63, 3.8) is 0 Å². The Balaban J connectivity index is 1.57. The lowest BCUT2D eigenvalue weighted by molar-refractivity contribution is 0.0600. The fourth-order valence-corrected chi connectivity index (χ4v) is 4.19. The topological polar surface area (TPSA) is 83.7 Å². The summed E-state index contributed by atoms with van der Waals surface area (Å²) in [6.45, 7) is 1.98. The summed E-state index contributed by atoms with van der Waals surface area (Å²) >= 11 is 0. The lowest BCUT2D eigenvalue weighted by atomic mass is 10.0. The van der Waals surface area contributed by atoms with Crippen LogP contribution in [0, 0.1) is 5.82 Å². The average Bonchev–Trinajstić information content (AvgIpc) is 3.31. The summed E-state index contributed by atoms with van der Waals surface area (Å²) in [7, 11) is 0. The molecule has 2 aromatic rings. The Bertz CT molecular complexity index is 950. The molecule has 2 aromatic carbocycles. The number of nitrogens with zero attached hydrogens (tertiary/aromatic N) is 2. The van der Waals surface area contributed by atoms with Gasteiger partial charge in [0.1, 0.15) is 5.82 Å². The standard InChI is InChI=1S/C22H22FN3O3/c23-19-12-14(7-8-18(19)20(24)27)11-15(25-9-3-4-10-25)13-26-21(28)16-5-1-2-6-17(16)22(26)29/h1-2,5-8,12,15H,3-4,9-11,13H2,(H2,24,27)/t15-/m0/s1. The van der Waals surface area contributed by atoms with Crippen LogP contribution >= 0.6 is 0 Å². The summed E-state index contributed by atoms with van der Waals surface area (Å²) in [6.07, 6.45) is 2.56. The molecule has 0 saturated carbocycles. The summed E-state index contributed by atoms with van der Waals surface area (Å²) in [6, 6.07) is 11.1. The summed E-state index contributed by atoms with van der Waals surface area (Å²) in [4.78, 5) is 40.3. The molecule has 3 amide bonds. The molecule has 0 radical (unpaired) electrons. The first-order valence-electron chi connectivity index (χ1n) is 9.73. The maximum atomic E-state index is 14.2. The zero-order chi connectivity index (χ0) is 20.5. The Morgan fingerprint density at radius 2 is 1.66 bits per heavy atom. The monoisotopic (exact) mass is 395 g/mol. The molecule has 1 saturated heterocycles. The number of fused-ring (bicyclic) bond motifs is 1. The quantitative estimate of drug-likeness (QED) is 0.761. The van der Waals surface area contributed by atoms with Crippen LogP contribution in [0.25, 0.3) is 0 Å². The molecule has 29 heavy (non-hydrogen) atoms. The number of benzene rings is 2. The minimum Gasteiger partial charge on any atom is -0.366 e. The van der Waals surface area contributed by atoms with Crippen LogP contribution in [0.5, 0.6) is 0 Å². The number of carbonyl (C=O) groups is 3. The number of nitrogens with two attached hydrogens (primary N) is 1. The number of primary amides is 1. The van der Waals surface area contributed by atoms with E-state index in [1.54, 1.807) is 30.3 Å². The van der Waals surface area contributed by atoms with Crippen molar-refractivity contribution in [2.45, 2.75) is 25.3 Å². The Kier molecular flexibility index (Phi) is 5.15. The van der Waals surface area contributed by atoms with E-state index in [2.05, 4.69) is 4.90 Å². The Morgan fingerprint density at radius 3 is 2.21 bits per heavy atom. The molecule has 1 atom stereocenters. The van der Waals surface area contributed by atoms with Gasteiger partial charge in [0.25, 0.3) is 17.7 Å². The normalized spacial score (nSPS) is 17.6. The fourth-order valence-electron chi connectivity index (χ4n) is 4.19. The first-order chi connectivity index (χ1) is 14.0. The molecule has 6 nitrogen and oxygen atoms in total. The summed E-state index contributed by atoms with van der Waals surface area (Å²) in [5, 5.41) is 0. The van der Waals surface area contributed by atoms with Gasteiger partial charge in [-0.3, -0.25) is 24.2 Å². The van der Waals surface area contributed by atoms with Crippen LogP contribution in [0.4, 0.5) is 4.39 Å². The van der Waals surface area contributed by atoms with E-state index in [-0.39, 0.29) is 30.0 Å². The molecule has 0 unspecified atom stereocenters. The second-order valence-corrected chi connectivity index (χ2v) is 7.55. The third kappa shape index (κ3) is 3.65. The Labute approximate surface area is 168 Å². The number of rotatable bonds is 6. The summed E-state index contributed by atoms with van der Waals surface area (Å²) < 4.78 is 14.2. The average molecular weight is 395 g/mol. The van der Waals surface area contributed by atoms with Crippen molar-refractivity contribution < 1.29 is 18.8 Å². The maximum Gasteiger partial charge on any atom is 0.261 e. The van der Waals surface area contributed by atoms with Crippen LogP contribution in [0.15, 0.2) is 42.5 Å². The Morgan fingerprint density at radius 1 is 1.03 bits per heavy atom. The second-order valence-electron chi connectivity index (χ2n) is 7.55. The van der Waals surface area contributed by atoms with Gasteiger partial charge in [0.2, 0.25) is 0 Å². The molecule has 2 aliphatic heterocycles. The number of carbonyl (C=O) groups excluding carboxylic acids is 3. The minimum atomic E-state index is -0.809. The molecule has 4 rings (SSSR count). The highest BCUT2D eigenvalue weighted by Crippen LogP contribution is 2.25. The number of likely N-dealkylation sites (tertiary alicyclic amines) is 1. The van der Waals surface area contributed by atoms with Gasteiger partial charge in [-0.05, 0) is 62.2 Å². The maximum absolute atomic E-state index is 14.2. The molecule has 0 spiro atoms. The number of halogens is 1. The molecule has 2 heterocycles. The number of amides is 3. The second kappa shape index (κ2) is 7.75. The first kappa shape index (κ1) is 19.3. The van der Waals surface area contributed by atoms with Gasteiger partial charge in [-0.15, -0.1) is 0 Å². The zero-order valence-electron chi connectivity index (χ0n) is 15.9. The van der Waals surface area contributed by atoms with Gasteiger partial charge in [0.05, 0.1) is 16.7 Å².